The minimum atomic E-state index is -4.20. The van der Waals surface area contributed by atoms with E-state index >= 15 is 0 Å². The van der Waals surface area contributed by atoms with Crippen molar-refractivity contribution in [3.05, 3.63) is 52.5 Å². The number of carbonyl (C=O) groups is 2. The molecule has 1 heterocycles. The lowest BCUT2D eigenvalue weighted by atomic mass is 9.98. The highest BCUT2D eigenvalue weighted by Crippen LogP contribution is 2.39. The minimum absolute atomic E-state index is 0.0144. The molecule has 0 aliphatic carbocycles. The Morgan fingerprint density at radius 2 is 1.86 bits per heavy atom. The number of halogens is 1. The van der Waals surface area contributed by atoms with Gasteiger partial charge in [0.2, 0.25) is 11.8 Å². The Morgan fingerprint density at radius 3 is 2.50 bits per heavy atom. The highest BCUT2D eigenvalue weighted by Gasteiger charge is 2.45. The second-order valence-corrected chi connectivity index (χ2v) is 9.00. The van der Waals surface area contributed by atoms with Crippen LogP contribution < -0.4 is 15.4 Å². The Hall–Kier alpha value is -2.58. The summed E-state index contributed by atoms with van der Waals surface area (Å²) in [5, 5.41) is 3.10. The first-order chi connectivity index (χ1) is 13.1. The average molecular weight is 422 g/mol. The first kappa shape index (κ1) is 20.2. The molecule has 0 spiro atoms. The van der Waals surface area contributed by atoms with Gasteiger partial charge in [-0.3, -0.25) is 13.9 Å². The van der Waals surface area contributed by atoms with E-state index in [1.54, 1.807) is 44.2 Å². The topological polar surface area (TPSA) is 110 Å². The third-order valence-corrected chi connectivity index (χ3v) is 7.18. The van der Waals surface area contributed by atoms with Crippen LogP contribution in [0.3, 0.4) is 0 Å². The molecule has 2 atom stereocenters. The maximum Gasteiger partial charge on any atom is 0.265 e. The molecule has 0 bridgehead atoms. The van der Waals surface area contributed by atoms with Crippen LogP contribution in [0.15, 0.2) is 41.3 Å². The second kappa shape index (κ2) is 7.10. The van der Waals surface area contributed by atoms with Crippen LogP contribution in [-0.2, 0) is 19.6 Å². The van der Waals surface area contributed by atoms with Crippen LogP contribution in [0.1, 0.15) is 18.1 Å². The molecule has 9 heteroatoms. The number of primary amides is 1. The molecule has 0 radical (unpaired) electrons. The third kappa shape index (κ3) is 3.22. The molecule has 3 rings (SSSR count). The Kier molecular flexibility index (Phi) is 5.12. The van der Waals surface area contributed by atoms with E-state index in [0.29, 0.717) is 21.8 Å². The van der Waals surface area contributed by atoms with E-state index in [2.05, 4.69) is 5.32 Å². The van der Waals surface area contributed by atoms with Gasteiger partial charge in [-0.2, -0.15) is 0 Å². The summed E-state index contributed by atoms with van der Waals surface area (Å²) < 4.78 is 28.3. The molecule has 2 amide bonds. The summed E-state index contributed by atoms with van der Waals surface area (Å²) in [4.78, 5) is 24.6. The maximum absolute atomic E-state index is 13.7. The monoisotopic (exact) mass is 421 g/mol. The molecule has 7 nitrogen and oxygen atoms in total. The Balaban J connectivity index is 2.29. The summed E-state index contributed by atoms with van der Waals surface area (Å²) in [5.74, 6) is -2.43. The number of rotatable bonds is 4. The number of nitrogens with zero attached hydrogens (tertiary/aromatic N) is 1. The van der Waals surface area contributed by atoms with E-state index in [-0.39, 0.29) is 10.6 Å². The van der Waals surface area contributed by atoms with Crippen molar-refractivity contribution in [1.29, 1.82) is 0 Å². The number of carbonyl (C=O) groups excluding carboxylic acids is 2. The zero-order valence-corrected chi connectivity index (χ0v) is 17.1. The van der Waals surface area contributed by atoms with E-state index in [1.165, 1.54) is 13.0 Å². The third-order valence-electron chi connectivity index (χ3n) is 4.84. The van der Waals surface area contributed by atoms with E-state index < -0.39 is 33.8 Å². The van der Waals surface area contributed by atoms with Crippen LogP contribution >= 0.6 is 11.6 Å². The molecule has 3 N–H and O–H groups in total. The molecule has 0 aromatic heterocycles. The molecular weight excluding hydrogens is 402 g/mol. The van der Waals surface area contributed by atoms with Gasteiger partial charge in [-0.25, -0.2) is 8.42 Å². The van der Waals surface area contributed by atoms with Crippen molar-refractivity contribution in [3.63, 3.8) is 0 Å². The van der Waals surface area contributed by atoms with Gasteiger partial charge < -0.3 is 11.1 Å². The second-order valence-electron chi connectivity index (χ2n) is 6.81. The highest BCUT2D eigenvalue weighted by atomic mass is 35.5. The van der Waals surface area contributed by atoms with Crippen LogP contribution in [0.2, 0.25) is 5.02 Å². The molecule has 2 aromatic rings. The molecule has 0 saturated carbocycles. The van der Waals surface area contributed by atoms with E-state index in [4.69, 9.17) is 17.3 Å². The van der Waals surface area contributed by atoms with Gasteiger partial charge in [0.05, 0.1) is 22.2 Å². The summed E-state index contributed by atoms with van der Waals surface area (Å²) in [6, 6.07) is 8.23. The average Bonchev–Trinajstić information content (AvgIpc) is 2.62. The number of hydrogen-bond acceptors (Lipinski definition) is 4. The molecule has 2 aromatic carbocycles. The smallest absolute Gasteiger partial charge is 0.265 e. The number of benzene rings is 2. The zero-order valence-electron chi connectivity index (χ0n) is 15.6. The molecule has 28 heavy (non-hydrogen) atoms. The largest absolute Gasteiger partial charge is 0.369 e. The van der Waals surface area contributed by atoms with Crippen LogP contribution in [0.25, 0.3) is 0 Å². The quantitative estimate of drug-likeness (QED) is 0.790. The van der Waals surface area contributed by atoms with E-state index in [9.17, 15) is 18.0 Å². The molecular formula is C19H20ClN3O4S. The van der Waals surface area contributed by atoms with Crippen LogP contribution in [0.5, 0.6) is 0 Å². The zero-order chi connectivity index (χ0) is 20.8. The first-order valence-corrected chi connectivity index (χ1v) is 10.4. The summed E-state index contributed by atoms with van der Waals surface area (Å²) in [7, 11) is -4.20. The summed E-state index contributed by atoms with van der Waals surface area (Å²) in [6.07, 6.45) is 0. The predicted octanol–water partition coefficient (Wildman–Crippen LogP) is 2.59. The number of nitrogens with one attached hydrogen (secondary N) is 1. The minimum Gasteiger partial charge on any atom is -0.369 e. The molecule has 0 saturated heterocycles. The van der Waals surface area contributed by atoms with Gasteiger partial charge in [-0.1, -0.05) is 30.7 Å². The molecule has 148 valence electrons. The van der Waals surface area contributed by atoms with Crippen LogP contribution in [0, 0.1) is 19.8 Å². The van der Waals surface area contributed by atoms with Gasteiger partial charge in [0, 0.05) is 5.02 Å². The van der Waals surface area contributed by atoms with Crippen LogP contribution in [-0.4, -0.2) is 26.3 Å². The lowest BCUT2D eigenvalue weighted by Gasteiger charge is -2.39. The number of anilines is 2. The number of sulfonamides is 1. The molecule has 1 aliphatic heterocycles. The first-order valence-electron chi connectivity index (χ1n) is 8.56. The number of fused-ring (bicyclic) bond motifs is 1. The number of aryl methyl sites for hydroxylation is 2. The standard InChI is InChI=1S/C19H20ClN3O4S/c1-10-9-16(11(2)8-13(10)20)28(26,27)23-15-7-5-4-6-14(15)22-19(25)17(23)12(3)18(21)24/h4-9,12,17H,1-3H3,(H2,21,24)(H,22,25). The Bertz CT molecular complexity index is 1080. The highest BCUT2D eigenvalue weighted by molar-refractivity contribution is 7.93. The predicted molar refractivity (Wildman–Crippen MR) is 108 cm³/mol. The SMILES string of the molecule is Cc1cc(S(=O)(=O)N2c3ccccc3NC(=O)C2C(C)C(N)=O)c(C)cc1Cl. The Labute approximate surface area is 168 Å². The molecule has 2 unspecified atom stereocenters. The fourth-order valence-corrected chi connectivity index (χ4v) is 5.45. The van der Waals surface area contributed by atoms with Crippen molar-refractivity contribution in [2.45, 2.75) is 31.7 Å². The number of para-hydroxylation sites is 2. The van der Waals surface area contributed by atoms with Crippen molar-refractivity contribution in [2.75, 3.05) is 9.62 Å². The number of hydrogen-bond donors (Lipinski definition) is 2. The van der Waals surface area contributed by atoms with Gasteiger partial charge in [0.1, 0.15) is 6.04 Å². The number of amides is 2. The van der Waals surface area contributed by atoms with E-state index in [1.807, 2.05) is 0 Å². The lowest BCUT2D eigenvalue weighted by molar-refractivity contribution is -0.126. The van der Waals surface area contributed by atoms with Crippen LogP contribution in [0.4, 0.5) is 11.4 Å². The maximum atomic E-state index is 13.7. The fourth-order valence-electron chi connectivity index (χ4n) is 3.24. The summed E-state index contributed by atoms with van der Waals surface area (Å²) in [5.41, 5.74) is 7.04. The van der Waals surface area contributed by atoms with E-state index in [0.717, 1.165) is 4.31 Å². The molecule has 1 aliphatic rings. The van der Waals surface area contributed by atoms with Crippen molar-refractivity contribution in [2.24, 2.45) is 11.7 Å². The van der Waals surface area contributed by atoms with Crippen molar-refractivity contribution in [1.82, 2.24) is 0 Å². The Morgan fingerprint density at radius 1 is 1.21 bits per heavy atom. The van der Waals surface area contributed by atoms with Crippen molar-refractivity contribution in [3.8, 4) is 0 Å². The van der Waals surface area contributed by atoms with Gasteiger partial charge in [0.15, 0.2) is 0 Å². The normalized spacial score (nSPS) is 17.6. The molecule has 0 fully saturated rings. The van der Waals surface area contributed by atoms with Crippen molar-refractivity contribution >= 4 is 44.8 Å². The van der Waals surface area contributed by atoms with Gasteiger partial charge >= 0.3 is 0 Å². The van der Waals surface area contributed by atoms with Crippen molar-refractivity contribution < 1.29 is 18.0 Å². The number of nitrogens with two attached hydrogens (primary N) is 1. The van der Waals surface area contributed by atoms with Gasteiger partial charge in [-0.15, -0.1) is 0 Å². The van der Waals surface area contributed by atoms with Gasteiger partial charge in [0.25, 0.3) is 10.0 Å². The van der Waals surface area contributed by atoms with Gasteiger partial charge in [-0.05, 0) is 49.2 Å². The summed E-state index contributed by atoms with van der Waals surface area (Å²) >= 11 is 6.11. The summed E-state index contributed by atoms with van der Waals surface area (Å²) in [6.45, 7) is 4.75. The lowest BCUT2D eigenvalue weighted by Crippen LogP contribution is -2.56. The fraction of sp³-hybridized carbons (Fsp3) is 0.263.